The highest BCUT2D eigenvalue weighted by molar-refractivity contribution is 5.62. The first-order valence-electron chi connectivity index (χ1n) is 10.5. The molecule has 0 bridgehead atoms. The van der Waals surface area contributed by atoms with Crippen LogP contribution < -0.4 is 15.5 Å². The number of aromatic nitrogens is 2. The summed E-state index contributed by atoms with van der Waals surface area (Å²) in [7, 11) is 0. The molecule has 1 unspecified atom stereocenters. The maximum atomic E-state index is 5.67. The van der Waals surface area contributed by atoms with Gasteiger partial charge in [-0.15, -0.1) is 0 Å². The Kier molecular flexibility index (Phi) is 5.95. The summed E-state index contributed by atoms with van der Waals surface area (Å²) in [5.74, 6) is 3.24. The van der Waals surface area contributed by atoms with E-state index in [1.165, 1.54) is 18.5 Å². The number of ether oxygens (including phenoxy) is 1. The van der Waals surface area contributed by atoms with Gasteiger partial charge in [0, 0.05) is 43.7 Å². The monoisotopic (exact) mass is 381 g/mol. The van der Waals surface area contributed by atoms with Crippen molar-refractivity contribution in [3.05, 3.63) is 36.2 Å². The molecule has 3 heterocycles. The molecule has 2 fully saturated rings. The van der Waals surface area contributed by atoms with E-state index in [0.29, 0.717) is 0 Å². The molecule has 2 aromatic rings. The molecule has 0 saturated carbocycles. The normalized spacial score (nSPS) is 20.4. The molecular weight excluding hydrogens is 350 g/mol. The summed E-state index contributed by atoms with van der Waals surface area (Å²) in [6, 6.07) is 10.6. The number of hydrogen-bond acceptors (Lipinski definition) is 6. The largest absolute Gasteiger partial charge is 0.376 e. The summed E-state index contributed by atoms with van der Waals surface area (Å²) < 4.78 is 5.67. The number of piperidine rings is 1. The second kappa shape index (κ2) is 8.78. The maximum Gasteiger partial charge on any atom is 0.136 e. The third-order valence-corrected chi connectivity index (χ3v) is 5.66. The minimum atomic E-state index is 0.289. The van der Waals surface area contributed by atoms with Gasteiger partial charge in [-0.25, -0.2) is 9.97 Å². The van der Waals surface area contributed by atoms with E-state index in [1.807, 2.05) is 13.0 Å². The van der Waals surface area contributed by atoms with Crippen LogP contribution in [0.3, 0.4) is 0 Å². The molecule has 1 atom stereocenters. The van der Waals surface area contributed by atoms with Crippen molar-refractivity contribution in [1.82, 2.24) is 9.97 Å². The van der Waals surface area contributed by atoms with Crippen LogP contribution in [0.1, 0.15) is 38.4 Å². The van der Waals surface area contributed by atoms with Gasteiger partial charge in [0.15, 0.2) is 0 Å². The first kappa shape index (κ1) is 19.0. The Morgan fingerprint density at radius 1 is 1.07 bits per heavy atom. The summed E-state index contributed by atoms with van der Waals surface area (Å²) in [4.78, 5) is 11.5. The molecule has 6 nitrogen and oxygen atoms in total. The standard InChI is InChI=1S/C22H31N5O/c1-16-9-11-27(12-10-16)19-7-5-18(6-8-19)26-22-14-21(24-17(2)25-22)23-15-20-4-3-13-28-20/h5-8,14,16,20H,3-4,9-13,15H2,1-2H3,(H2,23,24,25,26). The van der Waals surface area contributed by atoms with Gasteiger partial charge < -0.3 is 20.3 Å². The number of anilines is 4. The molecule has 0 spiro atoms. The third-order valence-electron chi connectivity index (χ3n) is 5.66. The summed E-state index contributed by atoms with van der Waals surface area (Å²) >= 11 is 0. The Labute approximate surface area is 167 Å². The summed E-state index contributed by atoms with van der Waals surface area (Å²) in [5, 5.41) is 6.80. The van der Waals surface area contributed by atoms with E-state index in [9.17, 15) is 0 Å². The van der Waals surface area contributed by atoms with Gasteiger partial charge in [0.25, 0.3) is 0 Å². The van der Waals surface area contributed by atoms with Crippen LogP contribution >= 0.6 is 0 Å². The van der Waals surface area contributed by atoms with Crippen molar-refractivity contribution >= 4 is 23.0 Å². The fraction of sp³-hybridized carbons (Fsp3) is 0.545. The Morgan fingerprint density at radius 3 is 2.54 bits per heavy atom. The molecule has 150 valence electrons. The highest BCUT2D eigenvalue weighted by Gasteiger charge is 2.16. The molecule has 28 heavy (non-hydrogen) atoms. The first-order chi connectivity index (χ1) is 13.7. The highest BCUT2D eigenvalue weighted by atomic mass is 16.5. The molecule has 2 aliphatic heterocycles. The summed E-state index contributed by atoms with van der Waals surface area (Å²) in [6.45, 7) is 8.23. The Bertz CT molecular complexity index is 765. The third kappa shape index (κ3) is 4.93. The lowest BCUT2D eigenvalue weighted by Crippen LogP contribution is -2.32. The molecule has 6 heteroatoms. The van der Waals surface area contributed by atoms with Crippen molar-refractivity contribution in [3.63, 3.8) is 0 Å². The molecule has 2 N–H and O–H groups in total. The zero-order valence-corrected chi connectivity index (χ0v) is 16.9. The maximum absolute atomic E-state index is 5.67. The van der Waals surface area contributed by atoms with E-state index < -0.39 is 0 Å². The van der Waals surface area contributed by atoms with Gasteiger partial charge in [-0.05, 0) is 62.8 Å². The van der Waals surface area contributed by atoms with Gasteiger partial charge >= 0.3 is 0 Å². The minimum Gasteiger partial charge on any atom is -0.376 e. The Hall–Kier alpha value is -2.34. The van der Waals surface area contributed by atoms with Crippen LogP contribution in [0, 0.1) is 12.8 Å². The van der Waals surface area contributed by atoms with Crippen molar-refractivity contribution in [1.29, 1.82) is 0 Å². The van der Waals surface area contributed by atoms with Crippen molar-refractivity contribution < 1.29 is 4.74 Å². The average Bonchev–Trinajstić information content (AvgIpc) is 3.21. The number of nitrogens with zero attached hydrogens (tertiary/aromatic N) is 3. The van der Waals surface area contributed by atoms with Crippen LogP contribution in [-0.2, 0) is 4.74 Å². The lowest BCUT2D eigenvalue weighted by Gasteiger charge is -2.32. The van der Waals surface area contributed by atoms with Gasteiger partial charge in [0.2, 0.25) is 0 Å². The smallest absolute Gasteiger partial charge is 0.136 e. The van der Waals surface area contributed by atoms with Crippen molar-refractivity contribution in [2.24, 2.45) is 5.92 Å². The zero-order chi connectivity index (χ0) is 19.3. The molecule has 0 amide bonds. The van der Waals surface area contributed by atoms with E-state index in [1.54, 1.807) is 0 Å². The second-order valence-electron chi connectivity index (χ2n) is 8.04. The fourth-order valence-electron chi connectivity index (χ4n) is 3.92. The predicted molar refractivity (Wildman–Crippen MR) is 115 cm³/mol. The molecule has 4 rings (SSSR count). The van der Waals surface area contributed by atoms with Crippen LogP contribution in [0.2, 0.25) is 0 Å². The number of benzene rings is 1. The predicted octanol–water partition coefficient (Wildman–Crippen LogP) is 4.36. The highest BCUT2D eigenvalue weighted by Crippen LogP contribution is 2.25. The van der Waals surface area contributed by atoms with Gasteiger partial charge in [0.1, 0.15) is 17.5 Å². The van der Waals surface area contributed by atoms with E-state index in [0.717, 1.165) is 68.1 Å². The fourth-order valence-corrected chi connectivity index (χ4v) is 3.92. The van der Waals surface area contributed by atoms with Crippen molar-refractivity contribution in [3.8, 4) is 0 Å². The molecule has 0 aliphatic carbocycles. The minimum absolute atomic E-state index is 0.289. The van der Waals surface area contributed by atoms with Crippen LogP contribution in [-0.4, -0.2) is 42.3 Å². The number of hydrogen-bond donors (Lipinski definition) is 2. The molecular formula is C22H31N5O. The van der Waals surface area contributed by atoms with Crippen LogP contribution in [0.4, 0.5) is 23.0 Å². The molecule has 2 saturated heterocycles. The van der Waals surface area contributed by atoms with E-state index in [2.05, 4.69) is 56.7 Å². The lowest BCUT2D eigenvalue weighted by atomic mass is 9.99. The Balaban J connectivity index is 1.37. The lowest BCUT2D eigenvalue weighted by molar-refractivity contribution is 0.120. The van der Waals surface area contributed by atoms with E-state index >= 15 is 0 Å². The van der Waals surface area contributed by atoms with Gasteiger partial charge in [-0.2, -0.15) is 0 Å². The van der Waals surface area contributed by atoms with Gasteiger partial charge in [0.05, 0.1) is 6.10 Å². The van der Waals surface area contributed by atoms with E-state index in [4.69, 9.17) is 4.74 Å². The molecule has 1 aromatic heterocycles. The second-order valence-corrected chi connectivity index (χ2v) is 8.04. The number of nitrogens with one attached hydrogen (secondary N) is 2. The average molecular weight is 382 g/mol. The molecule has 2 aliphatic rings. The molecule has 0 radical (unpaired) electrons. The Morgan fingerprint density at radius 2 is 1.82 bits per heavy atom. The van der Waals surface area contributed by atoms with E-state index in [-0.39, 0.29) is 6.10 Å². The van der Waals surface area contributed by atoms with Crippen LogP contribution in [0.5, 0.6) is 0 Å². The zero-order valence-electron chi connectivity index (χ0n) is 16.9. The van der Waals surface area contributed by atoms with Crippen LogP contribution in [0.15, 0.2) is 30.3 Å². The number of rotatable bonds is 6. The topological polar surface area (TPSA) is 62.3 Å². The quantitative estimate of drug-likeness (QED) is 0.775. The SMILES string of the molecule is Cc1nc(NCC2CCCO2)cc(Nc2ccc(N3CCC(C)CC3)cc2)n1. The first-order valence-corrected chi connectivity index (χ1v) is 10.5. The molecule has 1 aromatic carbocycles. The van der Waals surface area contributed by atoms with Crippen molar-refractivity contribution in [2.45, 2.75) is 45.6 Å². The summed E-state index contributed by atoms with van der Waals surface area (Å²) in [5.41, 5.74) is 2.34. The van der Waals surface area contributed by atoms with Gasteiger partial charge in [-0.1, -0.05) is 6.92 Å². The van der Waals surface area contributed by atoms with Crippen molar-refractivity contribution in [2.75, 3.05) is 41.8 Å². The summed E-state index contributed by atoms with van der Waals surface area (Å²) in [6.07, 6.45) is 5.11. The number of aryl methyl sites for hydroxylation is 1. The van der Waals surface area contributed by atoms with Crippen LogP contribution in [0.25, 0.3) is 0 Å². The van der Waals surface area contributed by atoms with Gasteiger partial charge in [-0.3, -0.25) is 0 Å².